The highest BCUT2D eigenvalue weighted by Gasteiger charge is 2.34. The molecule has 144 valence electrons. The Labute approximate surface area is 155 Å². The van der Waals surface area contributed by atoms with Gasteiger partial charge >= 0.3 is 0 Å². The molecule has 1 aliphatic rings. The van der Waals surface area contributed by atoms with Crippen molar-refractivity contribution < 1.29 is 19.0 Å². The number of amides is 1. The molecular weight excluding hydrogens is 353 g/mol. The first-order valence-corrected chi connectivity index (χ1v) is 8.64. The molecule has 1 aromatic heterocycles. The second-order valence-electron chi connectivity index (χ2n) is 7.10. The van der Waals surface area contributed by atoms with E-state index < -0.39 is 34.3 Å². The van der Waals surface area contributed by atoms with Gasteiger partial charge in [-0.05, 0) is 44.9 Å². The molecule has 0 spiro atoms. The maximum atomic E-state index is 14.1. The van der Waals surface area contributed by atoms with Crippen LogP contribution in [-0.4, -0.2) is 27.2 Å². The third-order valence-electron chi connectivity index (χ3n) is 4.91. The predicted octanol–water partition coefficient (Wildman–Crippen LogP) is 1.90. The normalized spacial score (nSPS) is 15.3. The Morgan fingerprint density at radius 3 is 2.81 bits per heavy atom. The highest BCUT2D eigenvalue weighted by Crippen LogP contribution is 2.27. The third kappa shape index (κ3) is 3.32. The van der Waals surface area contributed by atoms with E-state index in [1.165, 1.54) is 10.6 Å². The molecule has 2 aromatic rings. The summed E-state index contributed by atoms with van der Waals surface area (Å²) < 4.78 is 21.0. The number of fused-ring (bicyclic) bond motifs is 1. The maximum absolute atomic E-state index is 14.1. The van der Waals surface area contributed by atoms with E-state index in [1.807, 2.05) is 6.92 Å². The molecule has 27 heavy (non-hydrogen) atoms. The second-order valence-corrected chi connectivity index (χ2v) is 7.10. The fourth-order valence-electron chi connectivity index (χ4n) is 3.14. The topological polar surface area (TPSA) is 93.5 Å². The summed E-state index contributed by atoms with van der Waals surface area (Å²) in [4.78, 5) is 29.2. The Morgan fingerprint density at radius 2 is 2.11 bits per heavy atom. The number of hydrogen-bond donors (Lipinski definition) is 2. The van der Waals surface area contributed by atoms with Gasteiger partial charge in [0.1, 0.15) is 17.2 Å². The number of carbonyl (C=O) groups excluding carboxylic acids is 1. The van der Waals surface area contributed by atoms with Gasteiger partial charge in [0, 0.05) is 12.1 Å². The number of ether oxygens (including phenoxy) is 1. The minimum Gasteiger partial charge on any atom is -0.501 e. The number of nitrogens with zero attached hydrogens (tertiary/aromatic N) is 2. The van der Waals surface area contributed by atoms with Crippen molar-refractivity contribution in [2.75, 3.05) is 6.61 Å². The van der Waals surface area contributed by atoms with E-state index in [0.717, 1.165) is 11.1 Å². The summed E-state index contributed by atoms with van der Waals surface area (Å²) in [5.41, 5.74) is 0.00979. The Kier molecular flexibility index (Phi) is 4.77. The second kappa shape index (κ2) is 6.77. The van der Waals surface area contributed by atoms with E-state index in [-0.39, 0.29) is 18.9 Å². The van der Waals surface area contributed by atoms with Crippen molar-refractivity contribution in [2.45, 2.75) is 46.4 Å². The molecular formula is C19H22FN3O4. The van der Waals surface area contributed by atoms with E-state index in [4.69, 9.17) is 4.74 Å². The lowest BCUT2D eigenvalue weighted by Crippen LogP contribution is -2.42. The largest absolute Gasteiger partial charge is 0.501 e. The van der Waals surface area contributed by atoms with Crippen molar-refractivity contribution >= 4 is 5.91 Å². The molecule has 0 atom stereocenters. The molecule has 0 radical (unpaired) electrons. The van der Waals surface area contributed by atoms with Crippen LogP contribution in [0.4, 0.5) is 4.39 Å². The lowest BCUT2D eigenvalue weighted by atomic mass is 10.0. The minimum absolute atomic E-state index is 0.0857. The number of halogens is 1. The summed E-state index contributed by atoms with van der Waals surface area (Å²) >= 11 is 0. The number of hydrogen-bond acceptors (Lipinski definition) is 5. The summed E-state index contributed by atoms with van der Waals surface area (Å²) in [7, 11) is 0. The molecule has 2 heterocycles. The van der Waals surface area contributed by atoms with Gasteiger partial charge in [0.2, 0.25) is 5.75 Å². The van der Waals surface area contributed by atoms with Crippen LogP contribution in [0, 0.1) is 19.7 Å². The molecule has 0 bridgehead atoms. The summed E-state index contributed by atoms with van der Waals surface area (Å²) in [6, 6.07) is 3.00. The van der Waals surface area contributed by atoms with Gasteiger partial charge in [0.25, 0.3) is 11.5 Å². The van der Waals surface area contributed by atoms with Crippen molar-refractivity contribution in [3.63, 3.8) is 0 Å². The summed E-state index contributed by atoms with van der Waals surface area (Å²) in [5, 5.41) is 12.7. The lowest BCUT2D eigenvalue weighted by molar-refractivity contribution is -0.0566. The van der Waals surface area contributed by atoms with Gasteiger partial charge < -0.3 is 15.2 Å². The van der Waals surface area contributed by atoms with E-state index in [0.29, 0.717) is 12.2 Å². The first-order chi connectivity index (χ1) is 12.6. The molecule has 0 unspecified atom stereocenters. The molecule has 0 fully saturated rings. The number of aromatic hydroxyl groups is 1. The van der Waals surface area contributed by atoms with Crippen LogP contribution in [0.2, 0.25) is 0 Å². The van der Waals surface area contributed by atoms with Crippen LogP contribution in [0.3, 0.4) is 0 Å². The Balaban J connectivity index is 1.94. The summed E-state index contributed by atoms with van der Waals surface area (Å²) in [6.07, 6.45) is 0. The van der Waals surface area contributed by atoms with Gasteiger partial charge in [-0.3, -0.25) is 14.2 Å². The van der Waals surface area contributed by atoms with Gasteiger partial charge in [-0.2, -0.15) is 0 Å². The highest BCUT2D eigenvalue weighted by atomic mass is 19.1. The smallest absolute Gasteiger partial charge is 0.296 e. The van der Waals surface area contributed by atoms with Crippen LogP contribution in [0.5, 0.6) is 5.75 Å². The predicted molar refractivity (Wildman–Crippen MR) is 96.2 cm³/mol. The standard InChI is InChI=1S/C19H22FN3O4/c1-10-5-6-13(20)12(11(10)2)9-21-16(25)14-15(24)17(26)23-7-8-27-19(3,4)18(23)22-14/h5-6,24H,7-9H2,1-4H3,(H,21,25). The van der Waals surface area contributed by atoms with E-state index in [2.05, 4.69) is 10.3 Å². The van der Waals surface area contributed by atoms with Crippen molar-refractivity contribution in [1.82, 2.24) is 14.9 Å². The van der Waals surface area contributed by atoms with Gasteiger partial charge in [-0.25, -0.2) is 9.37 Å². The number of aryl methyl sites for hydroxylation is 1. The van der Waals surface area contributed by atoms with Crippen LogP contribution < -0.4 is 10.9 Å². The average molecular weight is 375 g/mol. The van der Waals surface area contributed by atoms with Crippen LogP contribution in [-0.2, 0) is 23.4 Å². The Morgan fingerprint density at radius 1 is 1.41 bits per heavy atom. The quantitative estimate of drug-likeness (QED) is 0.855. The van der Waals surface area contributed by atoms with E-state index >= 15 is 0 Å². The first-order valence-electron chi connectivity index (χ1n) is 8.64. The Bertz CT molecular complexity index is 982. The zero-order valence-corrected chi connectivity index (χ0v) is 15.7. The molecule has 1 aliphatic heterocycles. The van der Waals surface area contributed by atoms with Crippen LogP contribution >= 0.6 is 0 Å². The summed E-state index contributed by atoms with van der Waals surface area (Å²) in [5.74, 6) is -1.65. The molecule has 8 heteroatoms. The Hall–Kier alpha value is -2.74. The van der Waals surface area contributed by atoms with Crippen molar-refractivity contribution in [1.29, 1.82) is 0 Å². The molecule has 0 aliphatic carbocycles. The van der Waals surface area contributed by atoms with Crippen molar-refractivity contribution in [3.05, 3.63) is 56.5 Å². The maximum Gasteiger partial charge on any atom is 0.296 e. The highest BCUT2D eigenvalue weighted by molar-refractivity contribution is 5.94. The van der Waals surface area contributed by atoms with Gasteiger partial charge in [-0.15, -0.1) is 0 Å². The van der Waals surface area contributed by atoms with Gasteiger partial charge in [-0.1, -0.05) is 6.07 Å². The number of benzene rings is 1. The number of nitrogens with one attached hydrogen (secondary N) is 1. The van der Waals surface area contributed by atoms with Gasteiger partial charge in [0.05, 0.1) is 13.2 Å². The minimum atomic E-state index is -0.876. The lowest BCUT2D eigenvalue weighted by Gasteiger charge is -2.32. The molecule has 1 amide bonds. The number of carbonyl (C=O) groups is 1. The van der Waals surface area contributed by atoms with Crippen molar-refractivity contribution in [2.24, 2.45) is 0 Å². The fraction of sp³-hybridized carbons (Fsp3) is 0.421. The van der Waals surface area contributed by atoms with Crippen molar-refractivity contribution in [3.8, 4) is 5.75 Å². The first kappa shape index (κ1) is 19.0. The molecule has 2 N–H and O–H groups in total. The van der Waals surface area contributed by atoms with Crippen LogP contribution in [0.1, 0.15) is 46.9 Å². The molecule has 0 saturated heterocycles. The average Bonchev–Trinajstić information content (AvgIpc) is 2.61. The monoisotopic (exact) mass is 375 g/mol. The molecule has 7 nitrogen and oxygen atoms in total. The summed E-state index contributed by atoms with van der Waals surface area (Å²) in [6.45, 7) is 7.54. The molecule has 3 rings (SSSR count). The number of aromatic nitrogens is 2. The fourth-order valence-corrected chi connectivity index (χ4v) is 3.14. The SMILES string of the molecule is Cc1ccc(F)c(CNC(=O)c2nc3n(c(=O)c2O)CCOC3(C)C)c1C. The number of rotatable bonds is 3. The molecule has 0 saturated carbocycles. The van der Waals surface area contributed by atoms with E-state index in [1.54, 1.807) is 26.8 Å². The zero-order chi connectivity index (χ0) is 19.9. The van der Waals surface area contributed by atoms with Gasteiger partial charge in [0.15, 0.2) is 5.69 Å². The third-order valence-corrected chi connectivity index (χ3v) is 4.91. The molecule has 1 aromatic carbocycles. The van der Waals surface area contributed by atoms with Crippen LogP contribution in [0.25, 0.3) is 0 Å². The van der Waals surface area contributed by atoms with E-state index in [9.17, 15) is 19.1 Å². The zero-order valence-electron chi connectivity index (χ0n) is 15.7. The van der Waals surface area contributed by atoms with Crippen LogP contribution in [0.15, 0.2) is 16.9 Å².